The lowest BCUT2D eigenvalue weighted by molar-refractivity contribution is -0.193. The van der Waals surface area contributed by atoms with Gasteiger partial charge < -0.3 is 38.3 Å². The van der Waals surface area contributed by atoms with Crippen LogP contribution >= 0.6 is 0 Å². The molecule has 0 unspecified atom stereocenters. The number of fused-ring (bicyclic) bond motifs is 1. The van der Waals surface area contributed by atoms with Gasteiger partial charge in [-0.25, -0.2) is 11.4 Å². The highest BCUT2D eigenvalue weighted by molar-refractivity contribution is 5.96. The molecule has 2 aliphatic rings. The van der Waals surface area contributed by atoms with Crippen molar-refractivity contribution >= 4 is 5.97 Å². The van der Waals surface area contributed by atoms with E-state index in [-0.39, 0.29) is 19.1 Å². The minimum absolute atomic E-state index is 0.210. The van der Waals surface area contributed by atoms with Crippen LogP contribution in [-0.4, -0.2) is 55.9 Å². The summed E-state index contributed by atoms with van der Waals surface area (Å²) in [6.07, 6.45) is -1.91. The van der Waals surface area contributed by atoms with Gasteiger partial charge in [-0.3, -0.25) is 4.85 Å². The van der Waals surface area contributed by atoms with Crippen LogP contribution in [0.3, 0.4) is 0 Å². The number of carbonyl (C=O) groups is 1. The average Bonchev–Trinajstić information content (AvgIpc) is 3.20. The first-order valence-electron chi connectivity index (χ1n) is 18.7. The van der Waals surface area contributed by atoms with E-state index in [1.54, 1.807) is 20.3 Å². The number of carbonyl (C=O) groups excluding carboxylic acids is 1. The predicted molar refractivity (Wildman–Crippen MR) is 207 cm³/mol. The van der Waals surface area contributed by atoms with Crippen molar-refractivity contribution in [3.05, 3.63) is 130 Å². The van der Waals surface area contributed by atoms with Crippen molar-refractivity contribution in [2.75, 3.05) is 14.2 Å². The van der Waals surface area contributed by atoms with Crippen LogP contribution in [0.15, 0.2) is 84.9 Å². The van der Waals surface area contributed by atoms with Gasteiger partial charge in [-0.2, -0.15) is 0 Å². The molecule has 0 saturated carbocycles. The third-order valence-corrected chi connectivity index (χ3v) is 11.1. The van der Waals surface area contributed by atoms with Crippen molar-refractivity contribution in [3.8, 4) is 23.0 Å². The van der Waals surface area contributed by atoms with Crippen molar-refractivity contribution in [1.29, 1.82) is 0 Å². The molecule has 1 fully saturated rings. The second-order valence-corrected chi connectivity index (χ2v) is 15.0. The smallest absolute Gasteiger partial charge is 0.342 e. The van der Waals surface area contributed by atoms with E-state index >= 15 is 0 Å². The Bertz CT molecular complexity index is 1940. The highest BCUT2D eigenvalue weighted by Crippen LogP contribution is 2.43. The number of ether oxygens (including phenoxy) is 7. The standard InChI is InChI=1S/C45H51NO9/c1-28-35-21-38(29(2)36(47)22-41-45(3,4)40(24-42(46-5)55-41)53-27-30-11-9-8-10-12-30)54-44(48)43(35)39(52-26-32-15-19-34(50-7)20-16-32)23-37(28)51-25-31-13-17-33(49-6)18-14-31/h8-20,23,29,36,38,40-42,47H,21-22,24-27H2,1-4,6-7H3/t29-,36+,38-,40-,41-,42+/m1/s1. The van der Waals surface area contributed by atoms with Crippen molar-refractivity contribution in [2.45, 2.75) is 97.4 Å². The average molecular weight is 750 g/mol. The lowest BCUT2D eigenvalue weighted by atomic mass is 9.73. The Morgan fingerprint density at radius 3 is 2.04 bits per heavy atom. The third-order valence-electron chi connectivity index (χ3n) is 11.1. The Hall–Kier alpha value is -5.08. The van der Waals surface area contributed by atoms with Crippen LogP contribution in [0.5, 0.6) is 23.0 Å². The topological polar surface area (TPSA) is 106 Å². The largest absolute Gasteiger partial charge is 0.497 e. The van der Waals surface area contributed by atoms with Crippen molar-refractivity contribution < 1.29 is 43.1 Å². The van der Waals surface area contributed by atoms with E-state index in [1.807, 2.05) is 92.7 Å². The van der Waals surface area contributed by atoms with Gasteiger partial charge in [0, 0.05) is 30.2 Å². The Balaban J connectivity index is 1.21. The minimum Gasteiger partial charge on any atom is -0.497 e. The molecular weight excluding hydrogens is 698 g/mol. The molecule has 4 aromatic rings. The summed E-state index contributed by atoms with van der Waals surface area (Å²) >= 11 is 0. The summed E-state index contributed by atoms with van der Waals surface area (Å²) in [5.41, 5.74) is 4.32. The monoisotopic (exact) mass is 749 g/mol. The normalized spacial score (nSPS) is 21.3. The molecule has 0 bridgehead atoms. The van der Waals surface area contributed by atoms with Crippen LogP contribution < -0.4 is 18.9 Å². The molecule has 2 heterocycles. The molecule has 0 aromatic heterocycles. The number of hydrogen-bond acceptors (Lipinski definition) is 9. The van der Waals surface area contributed by atoms with Gasteiger partial charge in [0.15, 0.2) is 0 Å². The van der Waals surface area contributed by atoms with Gasteiger partial charge in [-0.05, 0) is 59.0 Å². The molecule has 2 aliphatic heterocycles. The molecule has 6 atom stereocenters. The van der Waals surface area contributed by atoms with Gasteiger partial charge in [0.05, 0.1) is 45.6 Å². The number of methoxy groups -OCH3 is 2. The van der Waals surface area contributed by atoms with Crippen molar-refractivity contribution in [2.24, 2.45) is 11.3 Å². The second-order valence-electron chi connectivity index (χ2n) is 15.0. The molecule has 1 saturated heterocycles. The van der Waals surface area contributed by atoms with Crippen molar-refractivity contribution in [3.63, 3.8) is 0 Å². The first-order chi connectivity index (χ1) is 26.5. The van der Waals surface area contributed by atoms with Crippen molar-refractivity contribution in [1.82, 2.24) is 0 Å². The van der Waals surface area contributed by atoms with Gasteiger partial charge in [0.25, 0.3) is 0 Å². The fourth-order valence-electron chi connectivity index (χ4n) is 7.32. The van der Waals surface area contributed by atoms with Gasteiger partial charge in [-0.1, -0.05) is 75.4 Å². The van der Waals surface area contributed by atoms with E-state index in [0.717, 1.165) is 39.3 Å². The highest BCUT2D eigenvalue weighted by Gasteiger charge is 2.49. The van der Waals surface area contributed by atoms with Crippen LogP contribution in [0.4, 0.5) is 0 Å². The second kappa shape index (κ2) is 17.6. The number of benzene rings is 4. The molecule has 0 spiro atoms. The summed E-state index contributed by atoms with van der Waals surface area (Å²) in [5, 5.41) is 11.8. The third kappa shape index (κ3) is 9.25. The van der Waals surface area contributed by atoms with Crippen LogP contribution in [0, 0.1) is 24.8 Å². The number of rotatable bonds is 15. The van der Waals surface area contributed by atoms with E-state index in [9.17, 15) is 9.90 Å². The number of cyclic esters (lactones) is 1. The van der Waals surface area contributed by atoms with Crippen LogP contribution in [0.2, 0.25) is 0 Å². The molecule has 4 aromatic carbocycles. The quantitative estimate of drug-likeness (QED) is 0.0950. The van der Waals surface area contributed by atoms with Crippen LogP contribution in [0.1, 0.15) is 71.8 Å². The number of esters is 1. The zero-order valence-corrected chi connectivity index (χ0v) is 32.5. The molecule has 0 amide bonds. The summed E-state index contributed by atoms with van der Waals surface area (Å²) < 4.78 is 42.1. The molecule has 10 heteroatoms. The molecule has 55 heavy (non-hydrogen) atoms. The Kier molecular flexibility index (Phi) is 12.7. The Morgan fingerprint density at radius 1 is 0.873 bits per heavy atom. The van der Waals surface area contributed by atoms with E-state index in [1.165, 1.54) is 0 Å². The van der Waals surface area contributed by atoms with Crippen LogP contribution in [-0.2, 0) is 40.5 Å². The number of nitrogens with zero attached hydrogens (tertiary/aromatic N) is 1. The van der Waals surface area contributed by atoms with Gasteiger partial charge in [0.2, 0.25) is 0 Å². The van der Waals surface area contributed by atoms with E-state index in [2.05, 4.69) is 18.7 Å². The highest BCUT2D eigenvalue weighted by atomic mass is 16.6. The molecule has 10 nitrogen and oxygen atoms in total. The first kappa shape index (κ1) is 39.6. The predicted octanol–water partition coefficient (Wildman–Crippen LogP) is 8.28. The van der Waals surface area contributed by atoms with Gasteiger partial charge >= 0.3 is 12.2 Å². The zero-order chi connectivity index (χ0) is 39.1. The summed E-state index contributed by atoms with van der Waals surface area (Å²) in [4.78, 5) is 17.6. The molecule has 1 N–H and O–H groups in total. The SMILES string of the molecule is [C-]#[N+][C@@H]1C[C@@H](OCc2ccccc2)C(C)(C)[C@@H](C[C@H](O)[C@@H](C)[C@H]2Cc3c(C)c(OCc4ccc(OC)cc4)cc(OCc4ccc(OC)cc4)c3C(=O)O2)O1. The first-order valence-corrected chi connectivity index (χ1v) is 18.7. The maximum atomic E-state index is 13.9. The summed E-state index contributed by atoms with van der Waals surface area (Å²) in [5.74, 6) is 1.46. The van der Waals surface area contributed by atoms with Gasteiger partial charge in [-0.15, -0.1) is 0 Å². The number of aliphatic hydroxyl groups is 1. The molecule has 0 radical (unpaired) electrons. The fourth-order valence-corrected chi connectivity index (χ4v) is 7.32. The molecule has 290 valence electrons. The Labute approximate surface area is 324 Å². The maximum absolute atomic E-state index is 13.9. The maximum Gasteiger partial charge on any atom is 0.342 e. The fraction of sp³-hybridized carbons (Fsp3) is 0.422. The molecular formula is C45H51NO9. The lowest BCUT2D eigenvalue weighted by Crippen LogP contribution is -2.52. The van der Waals surface area contributed by atoms with E-state index < -0.39 is 41.8 Å². The van der Waals surface area contributed by atoms with E-state index in [0.29, 0.717) is 43.1 Å². The number of aliphatic hydroxyl groups excluding tert-OH is 1. The molecule has 0 aliphatic carbocycles. The molecule has 6 rings (SSSR count). The lowest BCUT2D eigenvalue weighted by Gasteiger charge is -2.45. The summed E-state index contributed by atoms with van der Waals surface area (Å²) in [6.45, 7) is 16.6. The number of hydrogen-bond donors (Lipinski definition) is 1. The minimum atomic E-state index is -0.900. The Morgan fingerprint density at radius 2 is 1.45 bits per heavy atom. The van der Waals surface area contributed by atoms with Crippen LogP contribution in [0.25, 0.3) is 4.85 Å². The summed E-state index contributed by atoms with van der Waals surface area (Å²) in [6, 6.07) is 26.9. The zero-order valence-electron chi connectivity index (χ0n) is 32.5. The summed E-state index contributed by atoms with van der Waals surface area (Å²) in [7, 11) is 3.24. The van der Waals surface area contributed by atoms with E-state index in [4.69, 9.17) is 39.7 Å². The van der Waals surface area contributed by atoms with Gasteiger partial charge in [0.1, 0.15) is 47.9 Å².